The fourth-order valence-electron chi connectivity index (χ4n) is 0.605. The van der Waals surface area contributed by atoms with E-state index >= 15 is 0 Å². The summed E-state index contributed by atoms with van der Waals surface area (Å²) in [6.07, 6.45) is -0.396. The Balaban J connectivity index is 3.36. The highest BCUT2D eigenvalue weighted by molar-refractivity contribution is 8.76. The summed E-state index contributed by atoms with van der Waals surface area (Å²) in [6, 6.07) is 0. The molecule has 0 unspecified atom stereocenters. The molecule has 4 nitrogen and oxygen atoms in total. The van der Waals surface area contributed by atoms with Crippen molar-refractivity contribution >= 4 is 27.7 Å². The van der Waals surface area contributed by atoms with E-state index in [1.807, 2.05) is 20.8 Å². The Bertz CT molecular complexity index is 170. The molecule has 0 radical (unpaired) electrons. The molecule has 0 atom stereocenters. The number of carbonyl (C=O) groups is 1. The zero-order valence-corrected chi connectivity index (χ0v) is 10.3. The third kappa shape index (κ3) is 10.0. The molecule has 0 aromatic heterocycles. The van der Waals surface area contributed by atoms with E-state index in [9.17, 15) is 4.79 Å². The van der Waals surface area contributed by atoms with Crippen molar-refractivity contribution < 1.29 is 14.6 Å². The molecular formula is C8H17NO3S2. The molecule has 2 N–H and O–H groups in total. The Kier molecular flexibility index (Phi) is 7.22. The lowest BCUT2D eigenvalue weighted by molar-refractivity contribution is 0.0531. The highest BCUT2D eigenvalue weighted by Gasteiger charge is 2.15. The lowest BCUT2D eigenvalue weighted by Crippen LogP contribution is -2.33. The summed E-state index contributed by atoms with van der Waals surface area (Å²) in [6.45, 7) is 6.02. The van der Waals surface area contributed by atoms with Crippen LogP contribution in [0.2, 0.25) is 0 Å². The first-order valence-electron chi connectivity index (χ1n) is 4.28. The van der Waals surface area contributed by atoms with E-state index in [0.717, 1.165) is 5.75 Å². The molecule has 0 aliphatic rings. The van der Waals surface area contributed by atoms with Crippen LogP contribution in [0.1, 0.15) is 20.8 Å². The van der Waals surface area contributed by atoms with Crippen LogP contribution in [-0.4, -0.2) is 35.0 Å². The Morgan fingerprint density at radius 2 is 2.07 bits per heavy atom. The van der Waals surface area contributed by atoms with Crippen molar-refractivity contribution in [3.05, 3.63) is 0 Å². The summed E-state index contributed by atoms with van der Waals surface area (Å²) in [5, 5.41) is 11.1. The van der Waals surface area contributed by atoms with Gasteiger partial charge in [0.15, 0.2) is 0 Å². The van der Waals surface area contributed by atoms with Crippen LogP contribution in [0.3, 0.4) is 0 Å². The van der Waals surface area contributed by atoms with E-state index in [0.29, 0.717) is 6.54 Å². The number of amides is 1. The average molecular weight is 239 g/mol. The largest absolute Gasteiger partial charge is 0.444 e. The maximum Gasteiger partial charge on any atom is 0.407 e. The third-order valence-corrected chi connectivity index (χ3v) is 2.95. The van der Waals surface area contributed by atoms with Gasteiger partial charge in [-0.3, -0.25) is 0 Å². The molecule has 0 aromatic carbocycles. The van der Waals surface area contributed by atoms with Gasteiger partial charge >= 0.3 is 6.09 Å². The second-order valence-electron chi connectivity index (χ2n) is 3.50. The molecule has 0 saturated heterocycles. The molecule has 0 spiro atoms. The van der Waals surface area contributed by atoms with E-state index in [1.165, 1.54) is 21.6 Å². The molecule has 6 heteroatoms. The van der Waals surface area contributed by atoms with Gasteiger partial charge in [0, 0.05) is 12.3 Å². The summed E-state index contributed by atoms with van der Waals surface area (Å²) in [7, 11) is 2.86. The zero-order valence-electron chi connectivity index (χ0n) is 8.70. The number of hydrogen-bond acceptors (Lipinski definition) is 5. The minimum absolute atomic E-state index is 0.0943. The number of nitrogens with one attached hydrogen (secondary N) is 1. The highest BCUT2D eigenvalue weighted by Crippen LogP contribution is 2.18. The maximum absolute atomic E-state index is 11.1. The van der Waals surface area contributed by atoms with Gasteiger partial charge in [0.1, 0.15) is 5.60 Å². The number of aliphatic hydroxyl groups excluding tert-OH is 1. The fraction of sp³-hybridized carbons (Fsp3) is 0.875. The summed E-state index contributed by atoms with van der Waals surface area (Å²) in [5.74, 6) is 0.849. The van der Waals surface area contributed by atoms with Crippen LogP contribution >= 0.6 is 21.6 Å². The molecule has 0 aliphatic heterocycles. The van der Waals surface area contributed by atoms with Crippen molar-refractivity contribution in [2.75, 3.05) is 18.2 Å². The minimum Gasteiger partial charge on any atom is -0.444 e. The molecule has 0 heterocycles. The van der Waals surface area contributed by atoms with Crippen LogP contribution in [0.4, 0.5) is 4.79 Å². The number of carbonyl (C=O) groups excluding carboxylic acids is 1. The van der Waals surface area contributed by atoms with Crippen molar-refractivity contribution in [1.82, 2.24) is 5.32 Å². The number of alkyl carbamates (subject to hydrolysis) is 1. The second kappa shape index (κ2) is 7.25. The van der Waals surface area contributed by atoms with Crippen molar-refractivity contribution in [3.63, 3.8) is 0 Å². The van der Waals surface area contributed by atoms with Gasteiger partial charge in [0.25, 0.3) is 0 Å². The average Bonchev–Trinajstić information content (AvgIpc) is 2.00. The Hall–Kier alpha value is -0.0700. The predicted octanol–water partition coefficient (Wildman–Crippen LogP) is 1.84. The van der Waals surface area contributed by atoms with Gasteiger partial charge in [0.2, 0.25) is 0 Å². The van der Waals surface area contributed by atoms with Crippen molar-refractivity contribution in [3.8, 4) is 0 Å². The number of hydrogen-bond donors (Lipinski definition) is 2. The number of rotatable bonds is 5. The topological polar surface area (TPSA) is 58.6 Å². The first kappa shape index (κ1) is 13.9. The smallest absolute Gasteiger partial charge is 0.407 e. The first-order chi connectivity index (χ1) is 6.45. The van der Waals surface area contributed by atoms with Crippen LogP contribution in [0.25, 0.3) is 0 Å². The molecule has 0 rings (SSSR count). The van der Waals surface area contributed by atoms with Crippen molar-refractivity contribution in [2.45, 2.75) is 26.4 Å². The predicted molar refractivity (Wildman–Crippen MR) is 61.4 cm³/mol. The van der Waals surface area contributed by atoms with E-state index < -0.39 is 11.7 Å². The molecule has 0 fully saturated rings. The van der Waals surface area contributed by atoms with Gasteiger partial charge in [-0.05, 0) is 20.8 Å². The van der Waals surface area contributed by atoms with E-state index in [4.69, 9.17) is 9.84 Å². The Morgan fingerprint density at radius 1 is 1.43 bits per heavy atom. The summed E-state index contributed by atoms with van der Waals surface area (Å²) in [5.41, 5.74) is -0.447. The molecule has 0 aromatic rings. The summed E-state index contributed by atoms with van der Waals surface area (Å²) in [4.78, 5) is 11.1. The summed E-state index contributed by atoms with van der Waals surface area (Å²) < 4.78 is 5.03. The molecule has 0 aliphatic carbocycles. The number of aliphatic hydroxyl groups is 1. The van der Waals surface area contributed by atoms with Gasteiger partial charge < -0.3 is 15.2 Å². The standard InChI is InChI=1S/C8H17NO3S2/c1-8(2,3)12-7(11)9-4-5-13-14-6-10/h10H,4-6H2,1-3H3,(H,9,11). The first-order valence-corrected chi connectivity index (χ1v) is 6.76. The molecule has 0 saturated carbocycles. The molecule has 84 valence electrons. The van der Waals surface area contributed by atoms with Gasteiger partial charge in [-0.1, -0.05) is 21.6 Å². The summed E-state index contributed by atoms with van der Waals surface area (Å²) >= 11 is 0. The lowest BCUT2D eigenvalue weighted by Gasteiger charge is -2.19. The monoisotopic (exact) mass is 239 g/mol. The van der Waals surface area contributed by atoms with Crippen LogP contribution in [0.15, 0.2) is 0 Å². The second-order valence-corrected chi connectivity index (χ2v) is 6.05. The van der Waals surface area contributed by atoms with E-state index in [1.54, 1.807) is 0 Å². The molecule has 14 heavy (non-hydrogen) atoms. The normalized spacial score (nSPS) is 11.1. The molecule has 0 bridgehead atoms. The van der Waals surface area contributed by atoms with Crippen molar-refractivity contribution in [1.29, 1.82) is 0 Å². The van der Waals surface area contributed by atoms with Crippen molar-refractivity contribution in [2.24, 2.45) is 0 Å². The fourth-order valence-corrected chi connectivity index (χ4v) is 1.81. The molecule has 1 amide bonds. The minimum atomic E-state index is -0.447. The van der Waals surface area contributed by atoms with Gasteiger partial charge in [-0.25, -0.2) is 4.79 Å². The SMILES string of the molecule is CC(C)(C)OC(=O)NCCSSCO. The van der Waals surface area contributed by atoms with Crippen LogP contribution in [-0.2, 0) is 4.74 Å². The lowest BCUT2D eigenvalue weighted by atomic mass is 10.2. The third-order valence-electron chi connectivity index (χ3n) is 0.990. The van der Waals surface area contributed by atoms with E-state index in [-0.39, 0.29) is 5.94 Å². The maximum atomic E-state index is 11.1. The quantitative estimate of drug-likeness (QED) is 0.435. The van der Waals surface area contributed by atoms with Gasteiger partial charge in [-0.15, -0.1) is 0 Å². The van der Waals surface area contributed by atoms with Gasteiger partial charge in [0.05, 0.1) is 5.94 Å². The highest BCUT2D eigenvalue weighted by atomic mass is 33.1. The van der Waals surface area contributed by atoms with Gasteiger partial charge in [-0.2, -0.15) is 0 Å². The number of ether oxygens (including phenoxy) is 1. The zero-order chi connectivity index (χ0) is 11.0. The van der Waals surface area contributed by atoms with Crippen LogP contribution in [0, 0.1) is 0 Å². The Morgan fingerprint density at radius 3 is 2.57 bits per heavy atom. The van der Waals surface area contributed by atoms with Crippen LogP contribution in [0.5, 0.6) is 0 Å². The Labute approximate surface area is 92.6 Å². The molecular weight excluding hydrogens is 222 g/mol. The van der Waals surface area contributed by atoms with Crippen LogP contribution < -0.4 is 5.32 Å². The van der Waals surface area contributed by atoms with E-state index in [2.05, 4.69) is 5.32 Å².